The highest BCUT2D eigenvalue weighted by atomic mass is 19.1. The van der Waals surface area contributed by atoms with Crippen LogP contribution in [0.5, 0.6) is 0 Å². The summed E-state index contributed by atoms with van der Waals surface area (Å²) < 4.78 is 19.8. The third kappa shape index (κ3) is 3.12. The Balaban J connectivity index is 1.69. The summed E-state index contributed by atoms with van der Waals surface area (Å²) in [5.41, 5.74) is 1.55. The molecule has 4 rings (SSSR count). The zero-order valence-electron chi connectivity index (χ0n) is 14.3. The zero-order chi connectivity index (χ0) is 17.9. The van der Waals surface area contributed by atoms with Gasteiger partial charge in [-0.2, -0.15) is 0 Å². The zero-order valence-corrected chi connectivity index (χ0v) is 14.3. The van der Waals surface area contributed by atoms with Crippen molar-refractivity contribution in [1.29, 1.82) is 0 Å². The van der Waals surface area contributed by atoms with Crippen LogP contribution in [0.4, 0.5) is 4.39 Å². The molecule has 0 atom stereocenters. The molecule has 26 heavy (non-hydrogen) atoms. The Kier molecular flexibility index (Phi) is 4.52. The quantitative estimate of drug-likeness (QED) is 0.683. The molecule has 4 nitrogen and oxygen atoms in total. The first kappa shape index (κ1) is 16.5. The van der Waals surface area contributed by atoms with E-state index in [9.17, 15) is 9.18 Å². The monoisotopic (exact) mass is 350 g/mol. The van der Waals surface area contributed by atoms with Crippen LogP contribution in [0.3, 0.4) is 0 Å². The van der Waals surface area contributed by atoms with Crippen LogP contribution in [0, 0.1) is 5.82 Å². The van der Waals surface area contributed by atoms with Crippen molar-refractivity contribution in [1.82, 2.24) is 9.88 Å². The molecule has 0 N–H and O–H groups in total. The second-order valence-electron chi connectivity index (χ2n) is 6.41. The Labute approximate surface area is 151 Å². The maximum atomic E-state index is 14.0. The van der Waals surface area contributed by atoms with Crippen molar-refractivity contribution in [3.8, 4) is 22.8 Å². The minimum absolute atomic E-state index is 0.00839. The highest BCUT2D eigenvalue weighted by Gasteiger charge is 2.23. The number of oxazole rings is 1. The van der Waals surface area contributed by atoms with Crippen LogP contribution in [-0.4, -0.2) is 28.9 Å². The number of piperidine rings is 1. The molecule has 0 saturated carbocycles. The number of nitrogens with zero attached hydrogens (tertiary/aromatic N) is 2. The summed E-state index contributed by atoms with van der Waals surface area (Å²) in [4.78, 5) is 19.1. The first-order valence-electron chi connectivity index (χ1n) is 8.83. The maximum Gasteiger partial charge on any atom is 0.254 e. The molecule has 2 aromatic carbocycles. The van der Waals surface area contributed by atoms with Gasteiger partial charge in [0.2, 0.25) is 5.89 Å². The number of hydrogen-bond donors (Lipinski definition) is 0. The molecule has 2 heterocycles. The topological polar surface area (TPSA) is 46.3 Å². The maximum absolute atomic E-state index is 14.0. The van der Waals surface area contributed by atoms with Crippen molar-refractivity contribution in [3.63, 3.8) is 0 Å². The molecule has 3 aromatic rings. The van der Waals surface area contributed by atoms with E-state index < -0.39 is 0 Å². The first-order chi connectivity index (χ1) is 12.7. The number of carbonyl (C=O) groups excluding carboxylic acids is 1. The van der Waals surface area contributed by atoms with E-state index >= 15 is 0 Å². The molecule has 0 spiro atoms. The minimum Gasteiger partial charge on any atom is -0.436 e. The van der Waals surface area contributed by atoms with Gasteiger partial charge in [0.05, 0.1) is 17.3 Å². The highest BCUT2D eigenvalue weighted by Crippen LogP contribution is 2.30. The number of benzene rings is 2. The van der Waals surface area contributed by atoms with E-state index in [2.05, 4.69) is 4.98 Å². The van der Waals surface area contributed by atoms with Gasteiger partial charge in [0.25, 0.3) is 5.91 Å². The SMILES string of the molecule is O=C(c1ccccc1-c1ncc(-c2ccccc2F)o1)N1CCCCC1. The van der Waals surface area contributed by atoms with Gasteiger partial charge in [-0.3, -0.25) is 4.79 Å². The number of halogens is 1. The fourth-order valence-electron chi connectivity index (χ4n) is 3.31. The number of hydrogen-bond acceptors (Lipinski definition) is 3. The van der Waals surface area contributed by atoms with Gasteiger partial charge in [-0.15, -0.1) is 0 Å². The largest absolute Gasteiger partial charge is 0.436 e. The van der Waals surface area contributed by atoms with Crippen LogP contribution in [-0.2, 0) is 0 Å². The van der Waals surface area contributed by atoms with Crippen LogP contribution >= 0.6 is 0 Å². The van der Waals surface area contributed by atoms with Gasteiger partial charge >= 0.3 is 0 Å². The molecular weight excluding hydrogens is 331 g/mol. The fourth-order valence-corrected chi connectivity index (χ4v) is 3.31. The normalized spacial score (nSPS) is 14.4. The lowest BCUT2D eigenvalue weighted by atomic mass is 10.0. The van der Waals surface area contributed by atoms with Crippen molar-refractivity contribution in [2.45, 2.75) is 19.3 Å². The molecule has 0 bridgehead atoms. The van der Waals surface area contributed by atoms with E-state index in [4.69, 9.17) is 4.42 Å². The lowest BCUT2D eigenvalue weighted by Gasteiger charge is -2.27. The molecule has 5 heteroatoms. The van der Waals surface area contributed by atoms with Crippen LogP contribution in [0.1, 0.15) is 29.6 Å². The Bertz CT molecular complexity index is 929. The van der Waals surface area contributed by atoms with Crippen molar-refractivity contribution < 1.29 is 13.6 Å². The molecule has 1 aromatic heterocycles. The minimum atomic E-state index is -0.368. The number of carbonyl (C=O) groups is 1. The van der Waals surface area contributed by atoms with E-state index in [-0.39, 0.29) is 11.7 Å². The molecule has 0 aliphatic carbocycles. The van der Waals surface area contributed by atoms with E-state index in [1.807, 2.05) is 23.1 Å². The predicted octanol–water partition coefficient (Wildman–Crippen LogP) is 4.77. The average Bonchev–Trinajstić information content (AvgIpc) is 3.18. The molecule has 1 amide bonds. The first-order valence-corrected chi connectivity index (χ1v) is 8.83. The van der Waals surface area contributed by atoms with Gasteiger partial charge < -0.3 is 9.32 Å². The Hall–Kier alpha value is -2.95. The van der Waals surface area contributed by atoms with E-state index in [0.29, 0.717) is 28.3 Å². The smallest absolute Gasteiger partial charge is 0.254 e. The molecular formula is C21H19FN2O2. The molecule has 0 unspecified atom stereocenters. The third-order valence-corrected chi connectivity index (χ3v) is 4.68. The summed E-state index contributed by atoms with van der Waals surface area (Å²) in [5.74, 6) is 0.293. The molecule has 1 aliphatic rings. The van der Waals surface area contributed by atoms with Gasteiger partial charge in [-0.05, 0) is 43.5 Å². The van der Waals surface area contributed by atoms with Gasteiger partial charge in [-0.25, -0.2) is 9.37 Å². The molecule has 0 radical (unpaired) electrons. The number of aromatic nitrogens is 1. The van der Waals surface area contributed by atoms with Crippen molar-refractivity contribution in [3.05, 3.63) is 66.1 Å². The Morgan fingerprint density at radius 2 is 1.65 bits per heavy atom. The van der Waals surface area contributed by atoms with E-state index in [1.165, 1.54) is 12.3 Å². The molecule has 132 valence electrons. The fraction of sp³-hybridized carbons (Fsp3) is 0.238. The highest BCUT2D eigenvalue weighted by molar-refractivity contribution is 6.00. The van der Waals surface area contributed by atoms with Gasteiger partial charge in [0.1, 0.15) is 5.82 Å². The number of rotatable bonds is 3. The van der Waals surface area contributed by atoms with Gasteiger partial charge in [0, 0.05) is 18.7 Å². The average molecular weight is 350 g/mol. The molecule has 1 fully saturated rings. The number of likely N-dealkylation sites (tertiary alicyclic amines) is 1. The van der Waals surface area contributed by atoms with Crippen molar-refractivity contribution >= 4 is 5.91 Å². The summed E-state index contributed by atoms with van der Waals surface area (Å²) in [6, 6.07) is 13.7. The predicted molar refractivity (Wildman–Crippen MR) is 97.1 cm³/mol. The molecule has 1 aliphatic heterocycles. The van der Waals surface area contributed by atoms with Gasteiger partial charge in [0.15, 0.2) is 5.76 Å². The van der Waals surface area contributed by atoms with Crippen LogP contribution in [0.2, 0.25) is 0 Å². The lowest BCUT2D eigenvalue weighted by molar-refractivity contribution is 0.0725. The standard InChI is InChI=1S/C21H19FN2O2/c22-18-11-5-4-10-17(18)19-14-23-20(26-19)15-8-2-3-9-16(15)21(25)24-12-6-1-7-13-24/h2-5,8-11,14H,1,6-7,12-13H2. The van der Waals surface area contributed by atoms with Crippen molar-refractivity contribution in [2.24, 2.45) is 0 Å². The Morgan fingerprint density at radius 3 is 2.42 bits per heavy atom. The second-order valence-corrected chi connectivity index (χ2v) is 6.41. The van der Waals surface area contributed by atoms with E-state index in [0.717, 1.165) is 32.4 Å². The van der Waals surface area contributed by atoms with Crippen molar-refractivity contribution in [2.75, 3.05) is 13.1 Å². The third-order valence-electron chi connectivity index (χ3n) is 4.68. The summed E-state index contributed by atoms with van der Waals surface area (Å²) in [6.07, 6.45) is 4.72. The summed E-state index contributed by atoms with van der Waals surface area (Å²) >= 11 is 0. The summed E-state index contributed by atoms with van der Waals surface area (Å²) in [5, 5.41) is 0. The Morgan fingerprint density at radius 1 is 0.962 bits per heavy atom. The number of amides is 1. The molecule has 1 saturated heterocycles. The van der Waals surface area contributed by atoms with Crippen LogP contribution in [0.15, 0.2) is 59.1 Å². The van der Waals surface area contributed by atoms with Crippen LogP contribution < -0.4 is 0 Å². The summed E-state index contributed by atoms with van der Waals surface area (Å²) in [6.45, 7) is 1.55. The second kappa shape index (κ2) is 7.12. The van der Waals surface area contributed by atoms with Gasteiger partial charge in [-0.1, -0.05) is 24.3 Å². The summed E-state index contributed by atoms with van der Waals surface area (Å²) in [7, 11) is 0. The van der Waals surface area contributed by atoms with Crippen LogP contribution in [0.25, 0.3) is 22.8 Å². The van der Waals surface area contributed by atoms with E-state index in [1.54, 1.807) is 24.3 Å². The lowest BCUT2D eigenvalue weighted by Crippen LogP contribution is -2.35.